The molecular formula is C6H10FS. The van der Waals surface area contributed by atoms with Crippen LogP contribution in [0.2, 0.25) is 0 Å². The zero-order valence-corrected chi connectivity index (χ0v) is 5.64. The fourth-order valence-corrected chi connectivity index (χ4v) is 0.613. The summed E-state index contributed by atoms with van der Waals surface area (Å²) < 4.78 is 11.4. The fraction of sp³-hybridized carbons (Fsp3) is 0.833. The maximum atomic E-state index is 11.4. The lowest BCUT2D eigenvalue weighted by Crippen LogP contribution is -1.78. The Balaban J connectivity index is 2.62. The van der Waals surface area contributed by atoms with E-state index in [1.54, 1.807) is 0 Å². The predicted octanol–water partition coefficient (Wildman–Crippen LogP) is 2.39. The molecule has 8 heavy (non-hydrogen) atoms. The van der Waals surface area contributed by atoms with Gasteiger partial charge in [-0.15, -0.1) is 0 Å². The molecule has 0 heterocycles. The van der Waals surface area contributed by atoms with E-state index in [-0.39, 0.29) is 6.67 Å². The van der Waals surface area contributed by atoms with Crippen LogP contribution in [0.15, 0.2) is 0 Å². The van der Waals surface area contributed by atoms with E-state index in [0.29, 0.717) is 6.42 Å². The Bertz CT molecular complexity index is 54.5. The van der Waals surface area contributed by atoms with Gasteiger partial charge in [0.1, 0.15) is 0 Å². The Morgan fingerprint density at radius 1 is 1.25 bits per heavy atom. The van der Waals surface area contributed by atoms with E-state index < -0.39 is 0 Å². The molecule has 0 bridgehead atoms. The molecule has 0 aromatic heterocycles. The van der Waals surface area contributed by atoms with E-state index in [9.17, 15) is 4.39 Å². The third-order valence-corrected chi connectivity index (χ3v) is 1.12. The van der Waals surface area contributed by atoms with Gasteiger partial charge >= 0.3 is 0 Å². The number of unbranched alkanes of at least 4 members (excludes halogenated alkanes) is 3. The third-order valence-electron chi connectivity index (χ3n) is 0.912. The zero-order valence-electron chi connectivity index (χ0n) is 4.82. The van der Waals surface area contributed by atoms with Crippen LogP contribution in [0.1, 0.15) is 25.7 Å². The largest absolute Gasteiger partial charge is 0.251 e. The Kier molecular flexibility index (Phi) is 7.04. The summed E-state index contributed by atoms with van der Waals surface area (Å²) >= 11 is 4.46. The Labute approximate surface area is 55.1 Å². The Hall–Kier alpha value is 0.0200. The van der Waals surface area contributed by atoms with Gasteiger partial charge in [-0.2, -0.15) is 0 Å². The summed E-state index contributed by atoms with van der Waals surface area (Å²) in [5.74, 6) is 0. The minimum Gasteiger partial charge on any atom is -0.251 e. The third kappa shape index (κ3) is 6.02. The number of thiocarbonyl (C=S) groups is 1. The number of alkyl halides is 1. The highest BCUT2D eigenvalue weighted by molar-refractivity contribution is 7.78. The SMILES string of the molecule is FCCCCC[C]=S. The van der Waals surface area contributed by atoms with Gasteiger partial charge in [0, 0.05) is 5.37 Å². The lowest BCUT2D eigenvalue weighted by molar-refractivity contribution is 0.458. The van der Waals surface area contributed by atoms with Crippen molar-refractivity contribution >= 4 is 17.6 Å². The van der Waals surface area contributed by atoms with Crippen LogP contribution in [0.25, 0.3) is 0 Å². The normalized spacial score (nSPS) is 9.12. The van der Waals surface area contributed by atoms with Gasteiger partial charge < -0.3 is 0 Å². The van der Waals surface area contributed by atoms with Crippen molar-refractivity contribution < 1.29 is 4.39 Å². The summed E-state index contributed by atoms with van der Waals surface area (Å²) in [6.45, 7) is -0.197. The topological polar surface area (TPSA) is 0 Å². The van der Waals surface area contributed by atoms with Crippen LogP contribution >= 0.6 is 12.2 Å². The molecule has 47 valence electrons. The first-order valence-corrected chi connectivity index (χ1v) is 3.23. The summed E-state index contributed by atoms with van der Waals surface area (Å²) in [6.07, 6.45) is 3.44. The summed E-state index contributed by atoms with van der Waals surface area (Å²) in [5, 5.41) is 2.59. The smallest absolute Gasteiger partial charge is 0.0894 e. The molecule has 2 heteroatoms. The van der Waals surface area contributed by atoms with Crippen LogP contribution < -0.4 is 0 Å². The van der Waals surface area contributed by atoms with Crippen molar-refractivity contribution in [1.29, 1.82) is 0 Å². The highest BCUT2D eigenvalue weighted by atomic mass is 32.1. The quantitative estimate of drug-likeness (QED) is 0.410. The van der Waals surface area contributed by atoms with Gasteiger partial charge in [0.15, 0.2) is 0 Å². The first-order chi connectivity index (χ1) is 3.91. The molecule has 0 saturated carbocycles. The first-order valence-electron chi connectivity index (χ1n) is 2.82. The molecule has 1 radical (unpaired) electrons. The van der Waals surface area contributed by atoms with E-state index in [1.807, 2.05) is 0 Å². The minimum atomic E-state index is -0.197. The van der Waals surface area contributed by atoms with Crippen LogP contribution in [0.4, 0.5) is 4.39 Å². The van der Waals surface area contributed by atoms with Crippen LogP contribution in [0, 0.1) is 0 Å². The van der Waals surface area contributed by atoms with Gasteiger partial charge in [-0.05, 0) is 19.3 Å². The molecule has 0 aliphatic carbocycles. The molecule has 0 N–H and O–H groups in total. The van der Waals surface area contributed by atoms with Gasteiger partial charge in [0.2, 0.25) is 0 Å². The standard InChI is InChI=1S/C6H10FS/c7-5-3-1-2-4-6-8/h1-5H2. The van der Waals surface area contributed by atoms with Gasteiger partial charge in [0.05, 0.1) is 6.67 Å². The second kappa shape index (κ2) is 7.02. The minimum absolute atomic E-state index is 0.197. The first kappa shape index (κ1) is 8.02. The van der Waals surface area contributed by atoms with Crippen molar-refractivity contribution in [2.45, 2.75) is 25.7 Å². The maximum absolute atomic E-state index is 11.4. The van der Waals surface area contributed by atoms with Crippen molar-refractivity contribution in [3.05, 3.63) is 0 Å². The Morgan fingerprint density at radius 3 is 2.50 bits per heavy atom. The lowest BCUT2D eigenvalue weighted by Gasteiger charge is -1.89. The molecule has 0 unspecified atom stereocenters. The highest BCUT2D eigenvalue weighted by Crippen LogP contribution is 1.97. The van der Waals surface area contributed by atoms with E-state index in [4.69, 9.17) is 0 Å². The summed E-state index contributed by atoms with van der Waals surface area (Å²) in [7, 11) is 0. The van der Waals surface area contributed by atoms with Crippen LogP contribution in [0.3, 0.4) is 0 Å². The van der Waals surface area contributed by atoms with E-state index in [0.717, 1.165) is 19.3 Å². The average molecular weight is 133 g/mol. The second-order valence-corrected chi connectivity index (χ2v) is 1.93. The molecule has 0 aliphatic rings. The lowest BCUT2D eigenvalue weighted by atomic mass is 10.2. The molecule has 0 fully saturated rings. The molecular weight excluding hydrogens is 123 g/mol. The number of hydrogen-bond donors (Lipinski definition) is 0. The molecule has 0 nitrogen and oxygen atoms in total. The summed E-state index contributed by atoms with van der Waals surface area (Å²) in [4.78, 5) is 0. The molecule has 0 amide bonds. The molecule has 0 saturated heterocycles. The molecule has 0 rings (SSSR count). The second-order valence-electron chi connectivity index (χ2n) is 1.64. The Morgan fingerprint density at radius 2 is 2.00 bits per heavy atom. The molecule has 0 aromatic carbocycles. The van der Waals surface area contributed by atoms with Gasteiger partial charge in [-0.1, -0.05) is 18.6 Å². The van der Waals surface area contributed by atoms with Crippen molar-refractivity contribution in [3.63, 3.8) is 0 Å². The molecule has 0 aromatic rings. The van der Waals surface area contributed by atoms with E-state index in [1.165, 1.54) is 0 Å². The van der Waals surface area contributed by atoms with Crippen LogP contribution in [0.5, 0.6) is 0 Å². The van der Waals surface area contributed by atoms with E-state index in [2.05, 4.69) is 17.6 Å². The van der Waals surface area contributed by atoms with Crippen molar-refractivity contribution in [2.75, 3.05) is 6.67 Å². The number of hydrogen-bond acceptors (Lipinski definition) is 1. The van der Waals surface area contributed by atoms with Crippen molar-refractivity contribution in [1.82, 2.24) is 0 Å². The summed E-state index contributed by atoms with van der Waals surface area (Å²) in [5.41, 5.74) is 0. The summed E-state index contributed by atoms with van der Waals surface area (Å²) in [6, 6.07) is 0. The monoisotopic (exact) mass is 133 g/mol. The van der Waals surface area contributed by atoms with Crippen molar-refractivity contribution in [2.24, 2.45) is 0 Å². The predicted molar refractivity (Wildman–Crippen MR) is 37.0 cm³/mol. The molecule has 0 aliphatic heterocycles. The maximum Gasteiger partial charge on any atom is 0.0894 e. The number of rotatable bonds is 5. The molecule has 0 atom stereocenters. The van der Waals surface area contributed by atoms with Crippen LogP contribution in [-0.4, -0.2) is 12.0 Å². The van der Waals surface area contributed by atoms with E-state index >= 15 is 0 Å². The van der Waals surface area contributed by atoms with Gasteiger partial charge in [0.25, 0.3) is 0 Å². The van der Waals surface area contributed by atoms with Crippen LogP contribution in [-0.2, 0) is 0 Å². The molecule has 0 spiro atoms. The average Bonchev–Trinajstić information content (AvgIpc) is 1.81. The fourth-order valence-electron chi connectivity index (χ4n) is 0.468. The zero-order chi connectivity index (χ0) is 6.24. The van der Waals surface area contributed by atoms with Crippen molar-refractivity contribution in [3.8, 4) is 0 Å². The number of halogens is 1. The highest BCUT2D eigenvalue weighted by Gasteiger charge is 1.84. The van der Waals surface area contributed by atoms with Gasteiger partial charge in [-0.3, -0.25) is 4.39 Å². The van der Waals surface area contributed by atoms with Gasteiger partial charge in [-0.25, -0.2) is 0 Å².